The van der Waals surface area contributed by atoms with Gasteiger partial charge in [0.1, 0.15) is 11.2 Å². The van der Waals surface area contributed by atoms with Crippen LogP contribution in [0.4, 0.5) is 0 Å². The molecule has 0 bridgehead atoms. The fraction of sp³-hybridized carbons (Fsp3) is 0. The highest BCUT2D eigenvalue weighted by Gasteiger charge is 2.21. The zero-order chi connectivity index (χ0) is 31.6. The normalized spacial score (nSPS) is 11.8. The minimum Gasteiger partial charge on any atom is -0.455 e. The Morgan fingerprint density at radius 2 is 1.10 bits per heavy atom. The van der Waals surface area contributed by atoms with Crippen LogP contribution in [0.25, 0.3) is 94.1 Å². The molecular formula is C44H27N3O. The highest BCUT2D eigenvalue weighted by atomic mass is 16.3. The topological polar surface area (TPSA) is 43.9 Å². The van der Waals surface area contributed by atoms with Gasteiger partial charge in [0.2, 0.25) is 0 Å². The maximum absolute atomic E-state index is 6.95. The number of nitrogens with zero attached hydrogens (tertiary/aromatic N) is 3. The summed E-state index contributed by atoms with van der Waals surface area (Å²) in [5.41, 5.74) is 11.1. The van der Waals surface area contributed by atoms with E-state index in [0.29, 0.717) is 5.82 Å². The van der Waals surface area contributed by atoms with Gasteiger partial charge in [-0.05, 0) is 59.7 Å². The van der Waals surface area contributed by atoms with Crippen LogP contribution < -0.4 is 0 Å². The summed E-state index contributed by atoms with van der Waals surface area (Å²) in [6.45, 7) is 0. The number of hydrogen-bond donors (Lipinski definition) is 0. The van der Waals surface area contributed by atoms with Crippen molar-refractivity contribution in [3.8, 4) is 39.5 Å². The number of furan rings is 1. The molecule has 3 heterocycles. The van der Waals surface area contributed by atoms with E-state index in [1.54, 1.807) is 0 Å². The van der Waals surface area contributed by atoms with Crippen molar-refractivity contribution in [1.82, 2.24) is 14.5 Å². The second-order valence-corrected chi connectivity index (χ2v) is 12.2. The van der Waals surface area contributed by atoms with Gasteiger partial charge < -0.3 is 8.98 Å². The van der Waals surface area contributed by atoms with Crippen molar-refractivity contribution in [2.75, 3.05) is 0 Å². The lowest BCUT2D eigenvalue weighted by Gasteiger charge is -2.11. The molecule has 48 heavy (non-hydrogen) atoms. The van der Waals surface area contributed by atoms with E-state index in [1.165, 1.54) is 5.56 Å². The zero-order valence-corrected chi connectivity index (χ0v) is 25.8. The quantitative estimate of drug-likeness (QED) is 0.198. The van der Waals surface area contributed by atoms with Crippen molar-refractivity contribution >= 4 is 54.6 Å². The van der Waals surface area contributed by atoms with Gasteiger partial charge in [0.15, 0.2) is 5.82 Å². The minimum absolute atomic E-state index is 0.640. The standard InChI is InChI=1S/C44H27N3O/c1-3-13-28(14-4-1)29-15-11-16-30(27-29)41-34-19-7-9-23-37(34)45-44(46-41)36-22-12-21-32-33-25-26-39-40(43(33)48-42(32)36)35-20-8-10-24-38(35)47(39)31-17-5-2-6-18-31/h1-27H. The van der Waals surface area contributed by atoms with Gasteiger partial charge in [-0.2, -0.15) is 0 Å². The van der Waals surface area contributed by atoms with Crippen molar-refractivity contribution < 1.29 is 4.42 Å². The average molecular weight is 614 g/mol. The summed E-state index contributed by atoms with van der Waals surface area (Å²) in [7, 11) is 0. The van der Waals surface area contributed by atoms with Gasteiger partial charge in [0, 0.05) is 32.8 Å². The van der Waals surface area contributed by atoms with Crippen LogP contribution in [0.2, 0.25) is 0 Å². The summed E-state index contributed by atoms with van der Waals surface area (Å²) in [5, 5.41) is 5.40. The average Bonchev–Trinajstić information content (AvgIpc) is 3.71. The third-order valence-electron chi connectivity index (χ3n) is 9.40. The zero-order valence-electron chi connectivity index (χ0n) is 25.8. The molecule has 4 heteroatoms. The molecule has 0 saturated heterocycles. The van der Waals surface area contributed by atoms with Crippen LogP contribution in [0, 0.1) is 0 Å². The maximum Gasteiger partial charge on any atom is 0.164 e. The van der Waals surface area contributed by atoms with Crippen LogP contribution >= 0.6 is 0 Å². The molecule has 0 radical (unpaired) electrons. The Morgan fingerprint density at radius 3 is 1.98 bits per heavy atom. The van der Waals surface area contributed by atoms with Gasteiger partial charge in [0.05, 0.1) is 33.2 Å². The van der Waals surface area contributed by atoms with E-state index in [-0.39, 0.29) is 0 Å². The summed E-state index contributed by atoms with van der Waals surface area (Å²) in [6, 6.07) is 57.1. The van der Waals surface area contributed by atoms with Crippen LogP contribution in [-0.2, 0) is 0 Å². The van der Waals surface area contributed by atoms with Crippen molar-refractivity contribution in [2.45, 2.75) is 0 Å². The molecular weight excluding hydrogens is 587 g/mol. The number of benzene rings is 7. The van der Waals surface area contributed by atoms with Crippen LogP contribution in [0.3, 0.4) is 0 Å². The first-order valence-corrected chi connectivity index (χ1v) is 16.2. The van der Waals surface area contributed by atoms with Gasteiger partial charge in [-0.3, -0.25) is 0 Å². The first-order chi connectivity index (χ1) is 23.8. The number of rotatable bonds is 4. The molecule has 0 spiro atoms. The molecule has 10 rings (SSSR count). The first kappa shape index (κ1) is 26.7. The van der Waals surface area contributed by atoms with E-state index in [4.69, 9.17) is 14.4 Å². The Bertz CT molecular complexity index is 2830. The molecule has 3 aromatic heterocycles. The lowest BCUT2D eigenvalue weighted by atomic mass is 9.99. The van der Waals surface area contributed by atoms with E-state index in [2.05, 4.69) is 150 Å². The molecule has 0 aliphatic rings. The summed E-state index contributed by atoms with van der Waals surface area (Å²) in [6.07, 6.45) is 0. The Balaban J connectivity index is 1.22. The van der Waals surface area contributed by atoms with Crippen LogP contribution in [0.1, 0.15) is 0 Å². The summed E-state index contributed by atoms with van der Waals surface area (Å²) in [5.74, 6) is 0.640. The summed E-state index contributed by atoms with van der Waals surface area (Å²) < 4.78 is 9.27. The molecule has 4 nitrogen and oxygen atoms in total. The molecule has 0 aliphatic heterocycles. The molecule has 0 atom stereocenters. The lowest BCUT2D eigenvalue weighted by molar-refractivity contribution is 0.673. The van der Waals surface area contributed by atoms with Gasteiger partial charge in [-0.15, -0.1) is 0 Å². The van der Waals surface area contributed by atoms with Crippen molar-refractivity contribution in [1.29, 1.82) is 0 Å². The maximum atomic E-state index is 6.95. The number of aromatic nitrogens is 3. The Labute approximate surface area is 276 Å². The highest BCUT2D eigenvalue weighted by Crippen LogP contribution is 2.43. The molecule has 7 aromatic carbocycles. The lowest BCUT2D eigenvalue weighted by Crippen LogP contribution is -1.95. The predicted molar refractivity (Wildman–Crippen MR) is 197 cm³/mol. The van der Waals surface area contributed by atoms with Crippen molar-refractivity contribution in [2.24, 2.45) is 0 Å². The van der Waals surface area contributed by atoms with Crippen LogP contribution in [-0.4, -0.2) is 14.5 Å². The fourth-order valence-corrected chi connectivity index (χ4v) is 7.23. The van der Waals surface area contributed by atoms with Gasteiger partial charge in [0.25, 0.3) is 0 Å². The van der Waals surface area contributed by atoms with Crippen LogP contribution in [0.15, 0.2) is 168 Å². The van der Waals surface area contributed by atoms with Gasteiger partial charge in [-0.1, -0.05) is 115 Å². The second kappa shape index (κ2) is 10.5. The van der Waals surface area contributed by atoms with Crippen LogP contribution in [0.5, 0.6) is 0 Å². The molecule has 0 N–H and O–H groups in total. The molecule has 10 aromatic rings. The molecule has 224 valence electrons. The third kappa shape index (κ3) is 4.03. The fourth-order valence-electron chi connectivity index (χ4n) is 7.23. The van der Waals surface area contributed by atoms with E-state index in [1.807, 2.05) is 18.2 Å². The molecule has 0 aliphatic carbocycles. The third-order valence-corrected chi connectivity index (χ3v) is 9.40. The van der Waals surface area contributed by atoms with Crippen molar-refractivity contribution in [3.63, 3.8) is 0 Å². The Morgan fingerprint density at radius 1 is 0.438 bits per heavy atom. The molecule has 0 saturated carbocycles. The molecule has 0 unspecified atom stereocenters. The van der Waals surface area contributed by atoms with E-state index >= 15 is 0 Å². The monoisotopic (exact) mass is 613 g/mol. The van der Waals surface area contributed by atoms with E-state index in [0.717, 1.165) is 82.7 Å². The molecule has 0 amide bonds. The SMILES string of the molecule is c1ccc(-c2cccc(-c3nc(-c4cccc5c4oc4c5ccc5c4c4ccccc4n5-c4ccccc4)nc4ccccc34)c2)cc1. The smallest absolute Gasteiger partial charge is 0.164 e. The predicted octanol–water partition coefficient (Wildman–Crippen LogP) is 11.6. The number of para-hydroxylation sites is 4. The number of fused-ring (bicyclic) bond motifs is 8. The Kier molecular flexibility index (Phi) is 5.84. The second-order valence-electron chi connectivity index (χ2n) is 12.2. The first-order valence-electron chi connectivity index (χ1n) is 16.2. The van der Waals surface area contributed by atoms with Gasteiger partial charge >= 0.3 is 0 Å². The van der Waals surface area contributed by atoms with E-state index in [9.17, 15) is 0 Å². The van der Waals surface area contributed by atoms with Gasteiger partial charge in [-0.25, -0.2) is 9.97 Å². The van der Waals surface area contributed by atoms with E-state index < -0.39 is 0 Å². The molecule has 0 fully saturated rings. The summed E-state index contributed by atoms with van der Waals surface area (Å²) in [4.78, 5) is 10.4. The Hall–Kier alpha value is -6.52. The highest BCUT2D eigenvalue weighted by molar-refractivity contribution is 6.24. The number of hydrogen-bond acceptors (Lipinski definition) is 3. The summed E-state index contributed by atoms with van der Waals surface area (Å²) >= 11 is 0. The minimum atomic E-state index is 0.640. The largest absolute Gasteiger partial charge is 0.455 e. The van der Waals surface area contributed by atoms with Crippen molar-refractivity contribution in [3.05, 3.63) is 164 Å².